The van der Waals surface area contributed by atoms with Crippen molar-refractivity contribution in [3.05, 3.63) is 157 Å². The molecule has 0 amide bonds. The smallest absolute Gasteiger partial charge is 0.320 e. The Morgan fingerprint density at radius 1 is 0.304 bits per heavy atom. The Morgan fingerprint density at radius 2 is 0.598 bits per heavy atom. The minimum Gasteiger partial charge on any atom is -0.479 e. The third kappa shape index (κ3) is 15.7. The van der Waals surface area contributed by atoms with E-state index in [1.165, 1.54) is 109 Å². The molecule has 0 spiro atoms. The molecule has 34 nitrogen and oxygen atoms in total. The number of fused-ring (bicyclic) bond motifs is 2. The quantitative estimate of drug-likeness (QED) is 0.0192. The first kappa shape index (κ1) is 64.5. The lowest BCUT2D eigenvalue weighted by Crippen LogP contribution is -2.06. The molecule has 0 atom stereocenters. The Hall–Kier alpha value is -10.5. The average Bonchev–Trinajstić information content (AvgIpc) is 0.806. The van der Waals surface area contributed by atoms with Gasteiger partial charge in [0.1, 0.15) is 19.6 Å². The van der Waals surface area contributed by atoms with E-state index in [0.29, 0.717) is 23.5 Å². The highest BCUT2D eigenvalue weighted by Crippen LogP contribution is 2.35. The van der Waals surface area contributed by atoms with Crippen molar-refractivity contribution < 1.29 is 88.0 Å². The first-order valence-corrected chi connectivity index (χ1v) is 33.7. The molecule has 10 rings (SSSR count). The van der Waals surface area contributed by atoms with Crippen molar-refractivity contribution in [3.63, 3.8) is 0 Å². The summed E-state index contributed by atoms with van der Waals surface area (Å²) in [4.78, 5) is 19.1. The van der Waals surface area contributed by atoms with Crippen molar-refractivity contribution in [1.29, 1.82) is 0 Å². The van der Waals surface area contributed by atoms with Crippen LogP contribution in [0.25, 0.3) is 33.7 Å². The number of azo groups is 2. The second-order valence-corrected chi connectivity index (χ2v) is 27.3. The van der Waals surface area contributed by atoms with Crippen LogP contribution in [0, 0.1) is 0 Å². The van der Waals surface area contributed by atoms with Crippen molar-refractivity contribution in [1.82, 2.24) is 29.9 Å². The largest absolute Gasteiger partial charge is 0.479 e. The molecule has 0 saturated heterocycles. The SMILES string of the molecule is O=S(=O)(O)c1cc(S(=O)(=O)O)c2cc(N=Nc3ccc(Nc4nc(O)nc(Nc5ccc(/C=C/c6ccc(Nc7nc(O)nc(Nc8ccc(N=Nc9ccc%10cc(S(=O)(=O)O)cc(S(=O)(=O)O)c%10c9)cc8)n7)cc6S(=O)(=O)O)c(S(=O)(=O)O)c5)n4)cc3)ccc2c1. The summed E-state index contributed by atoms with van der Waals surface area (Å²) >= 11 is 0. The molecular formula is C52H38N14O20S6. The predicted molar refractivity (Wildman–Crippen MR) is 326 cm³/mol. The maximum absolute atomic E-state index is 12.7. The van der Waals surface area contributed by atoms with Crippen molar-refractivity contribution in [2.24, 2.45) is 20.5 Å². The van der Waals surface area contributed by atoms with Gasteiger partial charge >= 0.3 is 12.0 Å². The van der Waals surface area contributed by atoms with Crippen LogP contribution in [-0.4, -0.2) is 118 Å². The van der Waals surface area contributed by atoms with E-state index in [2.05, 4.69) is 71.6 Å². The van der Waals surface area contributed by atoms with Crippen molar-refractivity contribution in [3.8, 4) is 12.0 Å². The van der Waals surface area contributed by atoms with Crippen LogP contribution in [0.2, 0.25) is 0 Å². The summed E-state index contributed by atoms with van der Waals surface area (Å²) < 4.78 is 205. The van der Waals surface area contributed by atoms with Crippen LogP contribution in [0.15, 0.2) is 195 Å². The first-order chi connectivity index (χ1) is 43.1. The van der Waals surface area contributed by atoms with E-state index in [1.807, 2.05) is 0 Å². The zero-order chi connectivity index (χ0) is 66.3. The number of anilines is 8. The van der Waals surface area contributed by atoms with E-state index < -0.39 is 102 Å². The molecule has 0 aliphatic carbocycles. The molecule has 40 heteroatoms. The van der Waals surface area contributed by atoms with Gasteiger partial charge in [-0.1, -0.05) is 36.4 Å². The topological polar surface area (TPSA) is 542 Å². The summed E-state index contributed by atoms with van der Waals surface area (Å²) in [7, 11) is -29.7. The number of aromatic nitrogens is 6. The Balaban J connectivity index is 0.795. The summed E-state index contributed by atoms with van der Waals surface area (Å²) in [6.45, 7) is 0. The van der Waals surface area contributed by atoms with Gasteiger partial charge in [0.15, 0.2) is 0 Å². The van der Waals surface area contributed by atoms with Crippen molar-refractivity contribution in [2.75, 3.05) is 21.3 Å². The van der Waals surface area contributed by atoms with Crippen LogP contribution in [0.4, 0.5) is 69.3 Å². The van der Waals surface area contributed by atoms with Crippen LogP contribution in [0.1, 0.15) is 11.1 Å². The summed E-state index contributed by atoms with van der Waals surface area (Å²) in [5.74, 6) is -1.10. The molecule has 2 aromatic heterocycles. The molecule has 10 aromatic rings. The third-order valence-electron chi connectivity index (χ3n) is 12.5. The fraction of sp³-hybridized carbons (Fsp3) is 0. The lowest BCUT2D eigenvalue weighted by atomic mass is 10.1. The van der Waals surface area contributed by atoms with Gasteiger partial charge < -0.3 is 31.5 Å². The molecule has 0 unspecified atom stereocenters. The highest BCUT2D eigenvalue weighted by molar-refractivity contribution is 7.87. The molecule has 0 saturated carbocycles. The van der Waals surface area contributed by atoms with Crippen LogP contribution < -0.4 is 21.3 Å². The van der Waals surface area contributed by atoms with Gasteiger partial charge in [-0.2, -0.15) is 101 Å². The van der Waals surface area contributed by atoms with E-state index >= 15 is 0 Å². The highest BCUT2D eigenvalue weighted by Gasteiger charge is 2.24. The second-order valence-electron chi connectivity index (χ2n) is 18.9. The Labute approximate surface area is 518 Å². The number of nitrogens with one attached hydrogen (secondary N) is 4. The van der Waals surface area contributed by atoms with Gasteiger partial charge in [-0.15, -0.1) is 0 Å². The average molecular weight is 1370 g/mol. The van der Waals surface area contributed by atoms with Gasteiger partial charge in [-0.05, 0) is 143 Å². The molecule has 0 fully saturated rings. The van der Waals surface area contributed by atoms with E-state index in [1.54, 1.807) is 0 Å². The first-order valence-electron chi connectivity index (χ1n) is 25.1. The van der Waals surface area contributed by atoms with Crippen molar-refractivity contribution >= 4 is 164 Å². The number of nitrogens with zero attached hydrogens (tertiary/aromatic N) is 10. The molecule has 2 heterocycles. The van der Waals surface area contributed by atoms with Crippen LogP contribution in [-0.2, 0) is 60.7 Å². The maximum atomic E-state index is 12.7. The molecule has 92 heavy (non-hydrogen) atoms. The number of rotatable bonds is 20. The van der Waals surface area contributed by atoms with Gasteiger partial charge in [-0.3, -0.25) is 27.3 Å². The normalized spacial score (nSPS) is 12.7. The summed E-state index contributed by atoms with van der Waals surface area (Å²) in [5.41, 5.74) is 0.925. The number of hydrogen-bond donors (Lipinski definition) is 12. The minimum atomic E-state index is -5.04. The molecule has 8 aromatic carbocycles. The Kier molecular flexibility index (Phi) is 17.3. The molecule has 12 N–H and O–H groups in total. The third-order valence-corrected chi connectivity index (χ3v) is 17.8. The number of benzene rings is 8. The molecule has 0 radical (unpaired) electrons. The second kappa shape index (κ2) is 24.7. The van der Waals surface area contributed by atoms with Crippen molar-refractivity contribution in [2.45, 2.75) is 29.4 Å². The molecule has 472 valence electrons. The molecule has 0 aliphatic rings. The van der Waals surface area contributed by atoms with Crippen LogP contribution in [0.5, 0.6) is 12.0 Å². The fourth-order valence-electron chi connectivity index (χ4n) is 8.47. The maximum Gasteiger partial charge on any atom is 0.320 e. The van der Waals surface area contributed by atoms with Gasteiger partial charge in [0.05, 0.1) is 32.5 Å². The van der Waals surface area contributed by atoms with Gasteiger partial charge in [-0.25, -0.2) is 0 Å². The lowest BCUT2D eigenvalue weighted by molar-refractivity contribution is 0.429. The van der Waals surface area contributed by atoms with Gasteiger partial charge in [0, 0.05) is 33.5 Å². The summed E-state index contributed by atoms with van der Waals surface area (Å²) in [5, 5.41) is 48.0. The number of aromatic hydroxyl groups is 2. The van der Waals surface area contributed by atoms with E-state index in [9.17, 15) is 88.0 Å². The molecule has 0 bridgehead atoms. The molecule has 0 aliphatic heterocycles. The molecular weight excluding hydrogens is 1330 g/mol. The van der Waals surface area contributed by atoms with Gasteiger partial charge in [0.25, 0.3) is 60.7 Å². The number of hydrogen-bond acceptors (Lipinski definition) is 28. The Morgan fingerprint density at radius 3 is 0.913 bits per heavy atom. The summed E-state index contributed by atoms with van der Waals surface area (Å²) in [6.07, 6.45) is 2.23. The highest BCUT2D eigenvalue weighted by atomic mass is 32.2. The zero-order valence-corrected chi connectivity index (χ0v) is 50.3. The Bertz CT molecular complexity index is 5160. The standard InChI is InChI=1S/C52H38N14O20S6/c67-51-59-47(53-31-11-15-33(16-12-31)63-65-37-9-5-29-19-39(87(69,70)71)25-45(41(29)21-37)91(81,82)83)57-49(61-51)55-35-7-3-27(43(23-35)89(75,76)77)1-2-28-4-8-36(24-44(28)90(78,79)80)56-50-58-48(60-52(68)62-50)54-32-13-17-34(18-14-32)64-66-38-10-6-30-20-40(88(72,73)74)26-46(42(30)22-38)92(84,85)86/h1-26H,(H,69,70,71)(H,72,73,74)(H,75,76,77)(H,78,79,80)(H,81,82,83)(H,84,85,86)(H3,53,55,57,59,61,67)(H3,54,56,58,60,62,68)/b2-1+,65-63?,66-64?. The predicted octanol–water partition coefficient (Wildman–Crippen LogP) is 9.23. The van der Waals surface area contributed by atoms with Crippen LogP contribution in [0.3, 0.4) is 0 Å². The van der Waals surface area contributed by atoms with E-state index in [-0.39, 0.29) is 90.6 Å². The lowest BCUT2D eigenvalue weighted by Gasteiger charge is -2.11. The monoisotopic (exact) mass is 1370 g/mol. The van der Waals surface area contributed by atoms with E-state index in [0.717, 1.165) is 36.4 Å². The fourth-order valence-corrected chi connectivity index (χ4v) is 12.6. The van der Waals surface area contributed by atoms with Crippen LogP contribution >= 0.6 is 0 Å². The summed E-state index contributed by atoms with van der Waals surface area (Å²) in [6, 6.07) is 28.3. The minimum absolute atomic E-state index is 0.0417. The van der Waals surface area contributed by atoms with Gasteiger partial charge in [0.2, 0.25) is 23.8 Å². The zero-order valence-electron chi connectivity index (χ0n) is 45.4. The van der Waals surface area contributed by atoms with E-state index in [4.69, 9.17) is 0 Å².